The molecule has 0 fully saturated rings. The second-order valence-corrected chi connectivity index (χ2v) is 4.70. The number of rotatable bonds is 7. The molecule has 0 saturated heterocycles. The van der Waals surface area contributed by atoms with E-state index in [0.29, 0.717) is 24.6 Å². The van der Waals surface area contributed by atoms with Crippen LogP contribution >= 0.6 is 0 Å². The first-order chi connectivity index (χ1) is 8.97. The van der Waals surface area contributed by atoms with Gasteiger partial charge in [0.2, 0.25) is 5.91 Å². The maximum Gasteiger partial charge on any atom is 0.341 e. The molecule has 2 N–H and O–H groups in total. The number of hydrogen-bond donors (Lipinski definition) is 2. The standard InChI is InChI=1S/C14H19NO4/c1-10(2)6-13(16)15-8-11-4-3-5-12(7-11)19-9-14(17)18/h3-5,7,10H,6,8-9H2,1-2H3,(H,15,16)(H,17,18). The zero-order chi connectivity index (χ0) is 14.3. The van der Waals surface area contributed by atoms with Crippen LogP contribution in [0.3, 0.4) is 0 Å². The summed E-state index contributed by atoms with van der Waals surface area (Å²) < 4.78 is 5.07. The molecule has 0 aliphatic carbocycles. The molecule has 1 aromatic carbocycles. The van der Waals surface area contributed by atoms with E-state index in [1.54, 1.807) is 18.2 Å². The van der Waals surface area contributed by atoms with Gasteiger partial charge >= 0.3 is 5.97 Å². The number of ether oxygens (including phenoxy) is 1. The Bertz CT molecular complexity index is 443. The van der Waals surface area contributed by atoms with E-state index in [-0.39, 0.29) is 12.5 Å². The topological polar surface area (TPSA) is 75.6 Å². The molecule has 0 aromatic heterocycles. The van der Waals surface area contributed by atoms with Gasteiger partial charge in [0.25, 0.3) is 0 Å². The van der Waals surface area contributed by atoms with Crippen LogP contribution in [0.4, 0.5) is 0 Å². The van der Waals surface area contributed by atoms with Crippen LogP contribution in [0.5, 0.6) is 5.75 Å². The van der Waals surface area contributed by atoms with Crippen molar-refractivity contribution in [1.29, 1.82) is 0 Å². The number of carboxylic acid groups (broad SMARTS) is 1. The summed E-state index contributed by atoms with van der Waals surface area (Å²) in [6.45, 7) is 4.01. The van der Waals surface area contributed by atoms with Gasteiger partial charge in [0.1, 0.15) is 5.75 Å². The average molecular weight is 265 g/mol. The number of carboxylic acids is 1. The van der Waals surface area contributed by atoms with E-state index in [0.717, 1.165) is 5.56 Å². The first-order valence-corrected chi connectivity index (χ1v) is 6.17. The molecule has 0 atom stereocenters. The van der Waals surface area contributed by atoms with E-state index in [1.165, 1.54) is 0 Å². The highest BCUT2D eigenvalue weighted by Crippen LogP contribution is 2.13. The summed E-state index contributed by atoms with van der Waals surface area (Å²) in [5.74, 6) is -0.203. The highest BCUT2D eigenvalue weighted by Gasteiger charge is 2.05. The SMILES string of the molecule is CC(C)CC(=O)NCc1cccc(OCC(=O)O)c1. The molecule has 5 nitrogen and oxygen atoms in total. The molecule has 1 aromatic rings. The zero-order valence-electron chi connectivity index (χ0n) is 11.2. The van der Waals surface area contributed by atoms with Crippen LogP contribution in [0, 0.1) is 5.92 Å². The minimum Gasteiger partial charge on any atom is -0.482 e. The normalized spacial score (nSPS) is 10.3. The Morgan fingerprint density at radius 1 is 1.37 bits per heavy atom. The quantitative estimate of drug-likeness (QED) is 0.788. The third kappa shape index (κ3) is 6.45. The number of nitrogens with one attached hydrogen (secondary N) is 1. The van der Waals surface area contributed by atoms with Crippen molar-refractivity contribution < 1.29 is 19.4 Å². The van der Waals surface area contributed by atoms with Gasteiger partial charge in [0, 0.05) is 13.0 Å². The summed E-state index contributed by atoms with van der Waals surface area (Å²) in [5, 5.41) is 11.3. The molecule has 104 valence electrons. The molecule has 1 rings (SSSR count). The van der Waals surface area contributed by atoms with Crippen molar-refractivity contribution in [3.05, 3.63) is 29.8 Å². The Hall–Kier alpha value is -2.04. The summed E-state index contributed by atoms with van der Waals surface area (Å²) in [4.78, 5) is 21.9. The van der Waals surface area contributed by atoms with Gasteiger partial charge in [-0.1, -0.05) is 26.0 Å². The molecule has 0 heterocycles. The number of carbonyl (C=O) groups excluding carboxylic acids is 1. The second kappa shape index (κ2) is 7.41. The molecule has 5 heteroatoms. The molecule has 0 spiro atoms. The third-order valence-electron chi connectivity index (χ3n) is 2.34. The third-order valence-corrected chi connectivity index (χ3v) is 2.34. The first kappa shape index (κ1) is 15.0. The minimum atomic E-state index is -1.02. The van der Waals surface area contributed by atoms with Crippen LogP contribution in [0.1, 0.15) is 25.8 Å². The molecule has 1 amide bonds. The van der Waals surface area contributed by atoms with Crippen LogP contribution in [0.15, 0.2) is 24.3 Å². The van der Waals surface area contributed by atoms with Crippen molar-refractivity contribution in [1.82, 2.24) is 5.32 Å². The lowest BCUT2D eigenvalue weighted by atomic mass is 10.1. The van der Waals surface area contributed by atoms with Crippen LogP contribution in [0.2, 0.25) is 0 Å². The Labute approximate surface area is 112 Å². The first-order valence-electron chi connectivity index (χ1n) is 6.17. The van der Waals surface area contributed by atoms with E-state index in [1.807, 2.05) is 19.9 Å². The molecular weight excluding hydrogens is 246 g/mol. The number of aliphatic carboxylic acids is 1. The van der Waals surface area contributed by atoms with Gasteiger partial charge in [-0.05, 0) is 23.6 Å². The van der Waals surface area contributed by atoms with Crippen LogP contribution in [-0.2, 0) is 16.1 Å². The summed E-state index contributed by atoms with van der Waals surface area (Å²) in [5.41, 5.74) is 0.875. The van der Waals surface area contributed by atoms with Gasteiger partial charge in [-0.15, -0.1) is 0 Å². The van der Waals surface area contributed by atoms with Gasteiger partial charge in [-0.3, -0.25) is 4.79 Å². The molecule has 19 heavy (non-hydrogen) atoms. The fraction of sp³-hybridized carbons (Fsp3) is 0.429. The predicted octanol–water partition coefficient (Wildman–Crippen LogP) is 1.81. The van der Waals surface area contributed by atoms with E-state index < -0.39 is 5.97 Å². The van der Waals surface area contributed by atoms with Crippen molar-refractivity contribution in [2.75, 3.05) is 6.61 Å². The molecule has 0 saturated carbocycles. The van der Waals surface area contributed by atoms with E-state index in [2.05, 4.69) is 5.32 Å². The van der Waals surface area contributed by atoms with Crippen molar-refractivity contribution in [3.63, 3.8) is 0 Å². The zero-order valence-corrected chi connectivity index (χ0v) is 11.2. The molecule has 0 aliphatic heterocycles. The smallest absolute Gasteiger partial charge is 0.341 e. The van der Waals surface area contributed by atoms with Gasteiger partial charge in [0.05, 0.1) is 0 Å². The van der Waals surface area contributed by atoms with Crippen LogP contribution in [-0.4, -0.2) is 23.6 Å². The Balaban J connectivity index is 2.48. The summed E-state index contributed by atoms with van der Waals surface area (Å²) >= 11 is 0. The molecule has 0 aliphatic rings. The summed E-state index contributed by atoms with van der Waals surface area (Å²) in [7, 11) is 0. The molecule has 0 radical (unpaired) electrons. The van der Waals surface area contributed by atoms with E-state index >= 15 is 0 Å². The van der Waals surface area contributed by atoms with Crippen molar-refractivity contribution >= 4 is 11.9 Å². The van der Waals surface area contributed by atoms with Gasteiger partial charge < -0.3 is 15.2 Å². The second-order valence-electron chi connectivity index (χ2n) is 4.70. The Morgan fingerprint density at radius 2 is 2.11 bits per heavy atom. The van der Waals surface area contributed by atoms with Crippen LogP contribution in [0.25, 0.3) is 0 Å². The summed E-state index contributed by atoms with van der Waals surface area (Å²) in [6.07, 6.45) is 0.495. The monoisotopic (exact) mass is 265 g/mol. The Morgan fingerprint density at radius 3 is 2.74 bits per heavy atom. The van der Waals surface area contributed by atoms with Gasteiger partial charge in [0.15, 0.2) is 6.61 Å². The molecule has 0 unspecified atom stereocenters. The van der Waals surface area contributed by atoms with Crippen LogP contribution < -0.4 is 10.1 Å². The minimum absolute atomic E-state index is 0.00635. The molecular formula is C14H19NO4. The number of benzene rings is 1. The van der Waals surface area contributed by atoms with Gasteiger partial charge in [-0.25, -0.2) is 4.79 Å². The van der Waals surface area contributed by atoms with Crippen molar-refractivity contribution in [2.45, 2.75) is 26.8 Å². The maximum atomic E-state index is 11.5. The lowest BCUT2D eigenvalue weighted by molar-refractivity contribution is -0.139. The lowest BCUT2D eigenvalue weighted by Crippen LogP contribution is -2.23. The lowest BCUT2D eigenvalue weighted by Gasteiger charge is -2.09. The number of carbonyl (C=O) groups is 2. The largest absolute Gasteiger partial charge is 0.482 e. The highest BCUT2D eigenvalue weighted by atomic mass is 16.5. The molecule has 0 bridgehead atoms. The average Bonchev–Trinajstić information content (AvgIpc) is 2.34. The predicted molar refractivity (Wildman–Crippen MR) is 70.9 cm³/mol. The van der Waals surface area contributed by atoms with E-state index in [4.69, 9.17) is 9.84 Å². The number of amides is 1. The highest BCUT2D eigenvalue weighted by molar-refractivity contribution is 5.76. The summed E-state index contributed by atoms with van der Waals surface area (Å²) in [6, 6.07) is 7.02. The van der Waals surface area contributed by atoms with Crippen molar-refractivity contribution in [3.8, 4) is 5.75 Å². The van der Waals surface area contributed by atoms with E-state index in [9.17, 15) is 9.59 Å². The van der Waals surface area contributed by atoms with Gasteiger partial charge in [-0.2, -0.15) is 0 Å². The van der Waals surface area contributed by atoms with Crippen molar-refractivity contribution in [2.24, 2.45) is 5.92 Å². The Kier molecular flexibility index (Phi) is 5.85. The fourth-order valence-electron chi connectivity index (χ4n) is 1.53. The number of hydrogen-bond acceptors (Lipinski definition) is 3. The fourth-order valence-corrected chi connectivity index (χ4v) is 1.53. The maximum absolute atomic E-state index is 11.5.